The summed E-state index contributed by atoms with van der Waals surface area (Å²) < 4.78 is 0. The van der Waals surface area contributed by atoms with Crippen molar-refractivity contribution in [1.29, 1.82) is 0 Å². The lowest BCUT2D eigenvalue weighted by atomic mass is 10.1. The molecule has 0 spiro atoms. The summed E-state index contributed by atoms with van der Waals surface area (Å²) in [5.74, 6) is 3.26. The molecular weight excluding hydrogens is 250 g/mol. The summed E-state index contributed by atoms with van der Waals surface area (Å²) in [6.07, 6.45) is 2.51. The highest BCUT2D eigenvalue weighted by Crippen LogP contribution is 2.20. The molecule has 0 aliphatic carbocycles. The summed E-state index contributed by atoms with van der Waals surface area (Å²) in [4.78, 5) is 0. The van der Waals surface area contributed by atoms with Crippen molar-refractivity contribution in [2.24, 2.45) is 5.92 Å². The van der Waals surface area contributed by atoms with E-state index in [1.807, 2.05) is 0 Å². The van der Waals surface area contributed by atoms with Gasteiger partial charge >= 0.3 is 0 Å². The number of nitrogens with one attached hydrogen (secondary N) is 1. The standard InChI is InChI=1S/C17H29NS/c1-5-11-18-17(13-19-12-10-14(2)3)16-8-6-15(4)7-9-16/h6-9,14,17-18H,5,10-13H2,1-4H3. The minimum Gasteiger partial charge on any atom is -0.309 e. The van der Waals surface area contributed by atoms with Crippen molar-refractivity contribution in [2.45, 2.75) is 46.6 Å². The van der Waals surface area contributed by atoms with E-state index in [1.54, 1.807) is 0 Å². The fourth-order valence-corrected chi connectivity index (χ4v) is 3.26. The van der Waals surface area contributed by atoms with Crippen LogP contribution >= 0.6 is 11.8 Å². The monoisotopic (exact) mass is 279 g/mol. The van der Waals surface area contributed by atoms with Gasteiger partial charge in [-0.25, -0.2) is 0 Å². The third-order valence-electron chi connectivity index (χ3n) is 3.24. The number of rotatable bonds is 9. The zero-order valence-electron chi connectivity index (χ0n) is 12.9. The van der Waals surface area contributed by atoms with Gasteiger partial charge in [0, 0.05) is 11.8 Å². The molecule has 1 nitrogen and oxygen atoms in total. The lowest BCUT2D eigenvalue weighted by molar-refractivity contribution is 0.576. The second kappa shape index (κ2) is 9.44. The molecule has 19 heavy (non-hydrogen) atoms. The summed E-state index contributed by atoms with van der Waals surface area (Å²) in [7, 11) is 0. The second-order valence-electron chi connectivity index (χ2n) is 5.67. The van der Waals surface area contributed by atoms with E-state index in [-0.39, 0.29) is 0 Å². The zero-order valence-corrected chi connectivity index (χ0v) is 13.7. The van der Waals surface area contributed by atoms with Crippen LogP contribution in [-0.4, -0.2) is 18.1 Å². The zero-order chi connectivity index (χ0) is 14.1. The van der Waals surface area contributed by atoms with E-state index < -0.39 is 0 Å². The highest BCUT2D eigenvalue weighted by molar-refractivity contribution is 7.99. The smallest absolute Gasteiger partial charge is 0.0411 e. The van der Waals surface area contributed by atoms with E-state index in [0.717, 1.165) is 12.5 Å². The molecule has 0 fully saturated rings. The predicted octanol–water partition coefficient (Wildman–Crippen LogP) is 4.82. The normalized spacial score (nSPS) is 12.9. The molecule has 2 heteroatoms. The highest BCUT2D eigenvalue weighted by atomic mass is 32.2. The van der Waals surface area contributed by atoms with E-state index in [4.69, 9.17) is 0 Å². The quantitative estimate of drug-likeness (QED) is 0.651. The van der Waals surface area contributed by atoms with Gasteiger partial charge in [0.05, 0.1) is 0 Å². The molecule has 0 aliphatic heterocycles. The highest BCUT2D eigenvalue weighted by Gasteiger charge is 2.10. The van der Waals surface area contributed by atoms with Crippen LogP contribution < -0.4 is 5.32 Å². The fourth-order valence-electron chi connectivity index (χ4n) is 1.91. The first-order chi connectivity index (χ1) is 9.13. The van der Waals surface area contributed by atoms with Crippen LogP contribution in [0.3, 0.4) is 0 Å². The first kappa shape index (κ1) is 16.6. The average Bonchev–Trinajstić information content (AvgIpc) is 2.39. The second-order valence-corrected chi connectivity index (χ2v) is 6.82. The third-order valence-corrected chi connectivity index (χ3v) is 4.34. The van der Waals surface area contributed by atoms with Gasteiger partial charge < -0.3 is 5.32 Å². The first-order valence-corrected chi connectivity index (χ1v) is 8.66. The van der Waals surface area contributed by atoms with E-state index in [9.17, 15) is 0 Å². The lowest BCUT2D eigenvalue weighted by Crippen LogP contribution is -2.24. The minimum absolute atomic E-state index is 0.498. The first-order valence-electron chi connectivity index (χ1n) is 7.51. The van der Waals surface area contributed by atoms with E-state index in [0.29, 0.717) is 6.04 Å². The number of aryl methyl sites for hydroxylation is 1. The molecule has 108 valence electrons. The Balaban J connectivity index is 2.48. The summed E-state index contributed by atoms with van der Waals surface area (Å²) in [6, 6.07) is 9.47. The topological polar surface area (TPSA) is 12.0 Å². The van der Waals surface area contributed by atoms with Crippen LogP contribution in [0.1, 0.15) is 50.8 Å². The Bertz CT molecular complexity index is 332. The molecular formula is C17H29NS. The van der Waals surface area contributed by atoms with Gasteiger partial charge in [-0.15, -0.1) is 0 Å². The van der Waals surface area contributed by atoms with Gasteiger partial charge in [0.1, 0.15) is 0 Å². The van der Waals surface area contributed by atoms with Crippen LogP contribution in [0.2, 0.25) is 0 Å². The van der Waals surface area contributed by atoms with Crippen molar-refractivity contribution in [3.8, 4) is 0 Å². The molecule has 1 rings (SSSR count). The molecule has 1 aromatic rings. The van der Waals surface area contributed by atoms with E-state index in [2.05, 4.69) is 69.0 Å². The molecule has 0 bridgehead atoms. The molecule has 0 aromatic heterocycles. The van der Waals surface area contributed by atoms with Gasteiger partial charge in [0.15, 0.2) is 0 Å². The molecule has 0 aliphatic rings. The maximum Gasteiger partial charge on any atom is 0.0411 e. The maximum absolute atomic E-state index is 3.67. The molecule has 1 atom stereocenters. The Morgan fingerprint density at radius 3 is 2.42 bits per heavy atom. The van der Waals surface area contributed by atoms with Crippen molar-refractivity contribution in [3.05, 3.63) is 35.4 Å². The maximum atomic E-state index is 3.67. The average molecular weight is 279 g/mol. The number of hydrogen-bond donors (Lipinski definition) is 1. The molecule has 0 saturated carbocycles. The summed E-state index contributed by atoms with van der Waals surface area (Å²) in [5.41, 5.74) is 2.77. The summed E-state index contributed by atoms with van der Waals surface area (Å²) >= 11 is 2.08. The lowest BCUT2D eigenvalue weighted by Gasteiger charge is -2.19. The van der Waals surface area contributed by atoms with Gasteiger partial charge in [-0.1, -0.05) is 50.6 Å². The van der Waals surface area contributed by atoms with E-state index in [1.165, 1.54) is 35.5 Å². The number of hydrogen-bond acceptors (Lipinski definition) is 2. The fraction of sp³-hybridized carbons (Fsp3) is 0.647. The summed E-state index contributed by atoms with van der Waals surface area (Å²) in [5, 5.41) is 3.67. The molecule has 0 radical (unpaired) electrons. The van der Waals surface area contributed by atoms with Gasteiger partial charge in [-0.2, -0.15) is 11.8 Å². The molecule has 0 amide bonds. The Kier molecular flexibility index (Phi) is 8.24. The van der Waals surface area contributed by atoms with Gasteiger partial charge in [0.2, 0.25) is 0 Å². The van der Waals surface area contributed by atoms with Crippen LogP contribution in [0.5, 0.6) is 0 Å². The van der Waals surface area contributed by atoms with Crippen LogP contribution in [0, 0.1) is 12.8 Å². The molecule has 0 saturated heterocycles. The van der Waals surface area contributed by atoms with Crippen molar-refractivity contribution < 1.29 is 0 Å². The van der Waals surface area contributed by atoms with Gasteiger partial charge in [-0.3, -0.25) is 0 Å². The number of thioether (sulfide) groups is 1. The van der Waals surface area contributed by atoms with Crippen LogP contribution in [-0.2, 0) is 0 Å². The van der Waals surface area contributed by atoms with Crippen LogP contribution in [0.4, 0.5) is 0 Å². The predicted molar refractivity (Wildman–Crippen MR) is 89.0 cm³/mol. The van der Waals surface area contributed by atoms with Crippen molar-refractivity contribution in [2.75, 3.05) is 18.1 Å². The van der Waals surface area contributed by atoms with E-state index >= 15 is 0 Å². The third kappa shape index (κ3) is 7.03. The van der Waals surface area contributed by atoms with Crippen molar-refractivity contribution in [3.63, 3.8) is 0 Å². The summed E-state index contributed by atoms with van der Waals surface area (Å²) in [6.45, 7) is 10.1. The Hall–Kier alpha value is -0.470. The van der Waals surface area contributed by atoms with Crippen LogP contribution in [0.15, 0.2) is 24.3 Å². The SMILES string of the molecule is CCCNC(CSCCC(C)C)c1ccc(C)cc1. The Labute approximate surface area is 123 Å². The molecule has 1 unspecified atom stereocenters. The Morgan fingerprint density at radius 2 is 1.84 bits per heavy atom. The van der Waals surface area contributed by atoms with Crippen molar-refractivity contribution >= 4 is 11.8 Å². The van der Waals surface area contributed by atoms with Crippen LogP contribution in [0.25, 0.3) is 0 Å². The van der Waals surface area contributed by atoms with Gasteiger partial charge in [-0.05, 0) is 43.5 Å². The number of benzene rings is 1. The minimum atomic E-state index is 0.498. The molecule has 1 N–H and O–H groups in total. The molecule has 0 heterocycles. The van der Waals surface area contributed by atoms with Gasteiger partial charge in [0.25, 0.3) is 0 Å². The van der Waals surface area contributed by atoms with Crippen molar-refractivity contribution in [1.82, 2.24) is 5.32 Å². The largest absolute Gasteiger partial charge is 0.309 e. The Morgan fingerprint density at radius 1 is 1.16 bits per heavy atom. The molecule has 1 aromatic carbocycles.